The molecule has 1 N–H and O–H groups in total. The zero-order chi connectivity index (χ0) is 11.1. The van der Waals surface area contributed by atoms with Gasteiger partial charge in [0.05, 0.1) is 12.7 Å². The first-order valence-corrected chi connectivity index (χ1v) is 7.32. The molecule has 1 aliphatic rings. The molecular formula is C10H23NO3Si. The maximum atomic E-state index is 5.79. The predicted molar refractivity (Wildman–Crippen MR) is 62.4 cm³/mol. The molecule has 0 spiro atoms. The quantitative estimate of drug-likeness (QED) is 0.684. The van der Waals surface area contributed by atoms with E-state index in [1.165, 1.54) is 0 Å². The van der Waals surface area contributed by atoms with Crippen LogP contribution in [-0.2, 0) is 13.6 Å². The molecule has 90 valence electrons. The van der Waals surface area contributed by atoms with E-state index in [-0.39, 0.29) is 6.10 Å². The van der Waals surface area contributed by atoms with Crippen molar-refractivity contribution in [2.75, 3.05) is 33.9 Å². The van der Waals surface area contributed by atoms with Crippen LogP contribution in [0.2, 0.25) is 5.54 Å². The Morgan fingerprint density at radius 1 is 1.47 bits per heavy atom. The summed E-state index contributed by atoms with van der Waals surface area (Å²) >= 11 is 0. The van der Waals surface area contributed by atoms with Crippen molar-refractivity contribution in [3.8, 4) is 0 Å². The largest absolute Gasteiger partial charge is 0.400 e. The SMILES string of the molecule is CCCC(C1CNCCO1)[SiH](OC)OC. The van der Waals surface area contributed by atoms with Crippen molar-refractivity contribution in [3.63, 3.8) is 0 Å². The van der Waals surface area contributed by atoms with Crippen LogP contribution in [0.4, 0.5) is 0 Å². The summed E-state index contributed by atoms with van der Waals surface area (Å²) in [4.78, 5) is 0. The van der Waals surface area contributed by atoms with Gasteiger partial charge < -0.3 is 18.9 Å². The lowest BCUT2D eigenvalue weighted by Crippen LogP contribution is -2.46. The van der Waals surface area contributed by atoms with E-state index in [2.05, 4.69) is 12.2 Å². The van der Waals surface area contributed by atoms with Gasteiger partial charge in [0, 0.05) is 32.9 Å². The molecule has 5 heteroatoms. The fraction of sp³-hybridized carbons (Fsp3) is 1.00. The molecule has 0 aliphatic carbocycles. The lowest BCUT2D eigenvalue weighted by Gasteiger charge is -2.33. The van der Waals surface area contributed by atoms with Gasteiger partial charge in [-0.05, 0) is 6.42 Å². The standard InChI is InChI=1S/C10H23NO3Si/c1-4-5-10(15(12-2)13-3)9-8-11-6-7-14-9/h9-11,15H,4-8H2,1-3H3. The van der Waals surface area contributed by atoms with Crippen molar-refractivity contribution < 1.29 is 13.6 Å². The summed E-state index contributed by atoms with van der Waals surface area (Å²) in [6, 6.07) is 0. The Morgan fingerprint density at radius 2 is 2.20 bits per heavy atom. The molecule has 1 aliphatic heterocycles. The summed E-state index contributed by atoms with van der Waals surface area (Å²) in [7, 11) is 1.94. The van der Waals surface area contributed by atoms with Crippen molar-refractivity contribution in [2.45, 2.75) is 31.4 Å². The van der Waals surface area contributed by atoms with Crippen LogP contribution in [0.15, 0.2) is 0 Å². The van der Waals surface area contributed by atoms with Crippen LogP contribution in [-0.4, -0.2) is 49.3 Å². The molecule has 15 heavy (non-hydrogen) atoms. The van der Waals surface area contributed by atoms with Gasteiger partial charge in [0.25, 0.3) is 0 Å². The molecule has 0 radical (unpaired) electrons. The number of rotatable bonds is 6. The second-order valence-electron chi connectivity index (χ2n) is 3.91. The fourth-order valence-corrected chi connectivity index (χ4v) is 4.23. The Bertz CT molecular complexity index is 161. The predicted octanol–water partition coefficient (Wildman–Crippen LogP) is 0.658. The van der Waals surface area contributed by atoms with Gasteiger partial charge in [0.1, 0.15) is 0 Å². The summed E-state index contributed by atoms with van der Waals surface area (Å²) < 4.78 is 16.7. The van der Waals surface area contributed by atoms with Crippen LogP contribution in [0.3, 0.4) is 0 Å². The lowest BCUT2D eigenvalue weighted by molar-refractivity contribution is 0.0146. The number of morpholine rings is 1. The van der Waals surface area contributed by atoms with Crippen LogP contribution in [0.5, 0.6) is 0 Å². The highest BCUT2D eigenvalue weighted by atomic mass is 28.3. The second-order valence-corrected chi connectivity index (χ2v) is 6.44. The molecule has 2 unspecified atom stereocenters. The maximum Gasteiger partial charge on any atom is 0.326 e. The molecule has 0 bridgehead atoms. The zero-order valence-electron chi connectivity index (χ0n) is 9.99. The summed E-state index contributed by atoms with van der Waals surface area (Å²) in [5.41, 5.74) is 0.456. The summed E-state index contributed by atoms with van der Waals surface area (Å²) in [6.07, 6.45) is 2.56. The van der Waals surface area contributed by atoms with Crippen molar-refractivity contribution in [1.82, 2.24) is 5.32 Å². The molecule has 1 saturated heterocycles. The summed E-state index contributed by atoms with van der Waals surface area (Å²) in [5.74, 6) is 0. The van der Waals surface area contributed by atoms with Crippen molar-refractivity contribution >= 4 is 9.28 Å². The topological polar surface area (TPSA) is 39.7 Å². The van der Waals surface area contributed by atoms with E-state index in [9.17, 15) is 0 Å². The Balaban J connectivity index is 2.53. The second kappa shape index (κ2) is 7.35. The van der Waals surface area contributed by atoms with Gasteiger partial charge in [0.15, 0.2) is 0 Å². The van der Waals surface area contributed by atoms with E-state index in [0.29, 0.717) is 5.54 Å². The van der Waals surface area contributed by atoms with Crippen LogP contribution >= 0.6 is 0 Å². The minimum atomic E-state index is -1.56. The molecule has 0 aromatic heterocycles. The van der Waals surface area contributed by atoms with E-state index in [1.807, 2.05) is 0 Å². The van der Waals surface area contributed by atoms with Gasteiger partial charge in [-0.1, -0.05) is 13.3 Å². The molecule has 0 aromatic rings. The van der Waals surface area contributed by atoms with Crippen molar-refractivity contribution in [2.24, 2.45) is 0 Å². The molecule has 1 heterocycles. The Labute approximate surface area is 94.1 Å². The van der Waals surface area contributed by atoms with Crippen LogP contribution in [0.25, 0.3) is 0 Å². The van der Waals surface area contributed by atoms with E-state index in [4.69, 9.17) is 13.6 Å². The highest BCUT2D eigenvalue weighted by Gasteiger charge is 2.33. The molecular weight excluding hydrogens is 210 g/mol. The van der Waals surface area contributed by atoms with E-state index in [1.54, 1.807) is 14.2 Å². The number of nitrogens with one attached hydrogen (secondary N) is 1. The highest BCUT2D eigenvalue weighted by Crippen LogP contribution is 2.26. The maximum absolute atomic E-state index is 5.79. The van der Waals surface area contributed by atoms with Crippen LogP contribution in [0, 0.1) is 0 Å². The minimum Gasteiger partial charge on any atom is -0.400 e. The molecule has 0 aromatic carbocycles. The van der Waals surface area contributed by atoms with Crippen molar-refractivity contribution in [1.29, 1.82) is 0 Å². The lowest BCUT2D eigenvalue weighted by atomic mass is 10.1. The number of ether oxygens (including phenoxy) is 1. The highest BCUT2D eigenvalue weighted by molar-refractivity contribution is 6.46. The first-order valence-electron chi connectivity index (χ1n) is 5.71. The fourth-order valence-electron chi connectivity index (χ4n) is 2.14. The molecule has 1 fully saturated rings. The Hall–Kier alpha value is 0.0569. The van der Waals surface area contributed by atoms with Crippen molar-refractivity contribution in [3.05, 3.63) is 0 Å². The van der Waals surface area contributed by atoms with Gasteiger partial charge in [0.2, 0.25) is 0 Å². The molecule has 4 nitrogen and oxygen atoms in total. The molecule has 0 saturated carbocycles. The Kier molecular flexibility index (Phi) is 6.43. The summed E-state index contributed by atoms with van der Waals surface area (Å²) in [5, 5.41) is 3.36. The third-order valence-electron chi connectivity index (χ3n) is 2.87. The van der Waals surface area contributed by atoms with Crippen LogP contribution in [0.1, 0.15) is 19.8 Å². The first kappa shape index (κ1) is 13.1. The molecule has 0 amide bonds. The third-order valence-corrected chi connectivity index (χ3v) is 5.26. The molecule has 2 atom stereocenters. The molecule has 1 rings (SSSR count). The smallest absolute Gasteiger partial charge is 0.326 e. The normalized spacial score (nSPS) is 24.4. The van der Waals surface area contributed by atoms with Gasteiger partial charge in [-0.15, -0.1) is 0 Å². The van der Waals surface area contributed by atoms with Gasteiger partial charge >= 0.3 is 9.28 Å². The van der Waals surface area contributed by atoms with E-state index < -0.39 is 9.28 Å². The number of hydrogen-bond acceptors (Lipinski definition) is 4. The Morgan fingerprint density at radius 3 is 2.67 bits per heavy atom. The average Bonchev–Trinajstić information content (AvgIpc) is 2.30. The zero-order valence-corrected chi connectivity index (χ0v) is 11.1. The number of hydrogen-bond donors (Lipinski definition) is 1. The van der Waals surface area contributed by atoms with Crippen LogP contribution < -0.4 is 5.32 Å². The third kappa shape index (κ3) is 3.84. The van der Waals surface area contributed by atoms with Gasteiger partial charge in [-0.3, -0.25) is 0 Å². The monoisotopic (exact) mass is 233 g/mol. The first-order chi connectivity index (χ1) is 7.33. The van der Waals surface area contributed by atoms with Gasteiger partial charge in [-0.2, -0.15) is 0 Å². The van der Waals surface area contributed by atoms with E-state index in [0.717, 1.165) is 32.5 Å². The minimum absolute atomic E-state index is 0.273. The summed E-state index contributed by atoms with van der Waals surface area (Å²) in [6.45, 7) is 4.89. The van der Waals surface area contributed by atoms with Gasteiger partial charge in [-0.25, -0.2) is 0 Å². The van der Waals surface area contributed by atoms with E-state index >= 15 is 0 Å². The average molecular weight is 233 g/mol.